The Morgan fingerprint density at radius 3 is 1.84 bits per heavy atom. The van der Waals surface area contributed by atoms with Gasteiger partial charge in [0, 0.05) is 11.1 Å². The van der Waals surface area contributed by atoms with E-state index in [0.29, 0.717) is 0 Å². The summed E-state index contributed by atoms with van der Waals surface area (Å²) in [5.74, 6) is 0.822. The summed E-state index contributed by atoms with van der Waals surface area (Å²) >= 11 is 0. The van der Waals surface area contributed by atoms with Crippen molar-refractivity contribution >= 4 is 0 Å². The lowest BCUT2D eigenvalue weighted by molar-refractivity contribution is 0.435. The quantitative estimate of drug-likeness (QED) is 0.442. The van der Waals surface area contributed by atoms with Crippen LogP contribution in [0.4, 0.5) is 0 Å². The van der Waals surface area contributed by atoms with Gasteiger partial charge in [-0.2, -0.15) is 0 Å². The summed E-state index contributed by atoms with van der Waals surface area (Å²) in [6, 6.07) is 26.9. The van der Waals surface area contributed by atoms with Crippen molar-refractivity contribution < 1.29 is 4.52 Å². The van der Waals surface area contributed by atoms with E-state index in [1.807, 2.05) is 42.5 Å². The van der Waals surface area contributed by atoms with Gasteiger partial charge in [-0.3, -0.25) is 0 Å². The lowest BCUT2D eigenvalue weighted by Crippen LogP contribution is -1.88. The Hall–Kier alpha value is -3.13. The van der Waals surface area contributed by atoms with E-state index in [-0.39, 0.29) is 0 Å². The number of aromatic nitrogens is 1. The molecule has 0 N–H and O–H groups in total. The van der Waals surface area contributed by atoms with Gasteiger partial charge in [0.1, 0.15) is 5.69 Å². The molecule has 25 heavy (non-hydrogen) atoms. The Kier molecular flexibility index (Phi) is 3.95. The van der Waals surface area contributed by atoms with Crippen molar-refractivity contribution in [1.29, 1.82) is 0 Å². The summed E-state index contributed by atoms with van der Waals surface area (Å²) in [5.41, 5.74) is 7.59. The fourth-order valence-electron chi connectivity index (χ4n) is 3.20. The maximum absolute atomic E-state index is 5.88. The van der Waals surface area contributed by atoms with Gasteiger partial charge < -0.3 is 4.52 Å². The topological polar surface area (TPSA) is 26.0 Å². The summed E-state index contributed by atoms with van der Waals surface area (Å²) in [6.45, 7) is 4.20. The number of hydrogen-bond acceptors (Lipinski definition) is 2. The van der Waals surface area contributed by atoms with Crippen LogP contribution in [0.1, 0.15) is 11.1 Å². The summed E-state index contributed by atoms with van der Waals surface area (Å²) in [7, 11) is 0. The maximum Gasteiger partial charge on any atom is 0.175 e. The van der Waals surface area contributed by atoms with Gasteiger partial charge in [-0.05, 0) is 30.5 Å². The highest BCUT2D eigenvalue weighted by molar-refractivity contribution is 5.91. The smallest absolute Gasteiger partial charge is 0.175 e. The van der Waals surface area contributed by atoms with Gasteiger partial charge in [0.25, 0.3) is 0 Å². The summed E-state index contributed by atoms with van der Waals surface area (Å²) in [5, 5.41) is 4.47. The molecule has 1 heterocycles. The molecule has 0 saturated carbocycles. The molecule has 0 atom stereocenters. The largest absolute Gasteiger partial charge is 0.355 e. The standard InChI is InChI=1S/C23H19NO/c1-16-10-6-8-14-19(16)22-21(18-12-4-3-5-13-18)23(25-24-22)20-15-9-7-11-17(20)2/h3-15H,1-2H3. The predicted molar refractivity (Wildman–Crippen MR) is 102 cm³/mol. The predicted octanol–water partition coefficient (Wildman–Crippen LogP) is 6.29. The number of aryl methyl sites for hydroxylation is 2. The van der Waals surface area contributed by atoms with Crippen LogP contribution >= 0.6 is 0 Å². The van der Waals surface area contributed by atoms with Crippen LogP contribution in [0, 0.1) is 13.8 Å². The average molecular weight is 325 g/mol. The zero-order valence-electron chi connectivity index (χ0n) is 14.4. The maximum atomic E-state index is 5.88. The van der Waals surface area contributed by atoms with Gasteiger partial charge in [-0.15, -0.1) is 0 Å². The third-order valence-electron chi connectivity index (χ3n) is 4.54. The summed E-state index contributed by atoms with van der Waals surface area (Å²) in [4.78, 5) is 0. The van der Waals surface area contributed by atoms with E-state index in [4.69, 9.17) is 4.52 Å². The lowest BCUT2D eigenvalue weighted by atomic mass is 9.93. The molecule has 3 aromatic carbocycles. The van der Waals surface area contributed by atoms with Crippen molar-refractivity contribution in [3.63, 3.8) is 0 Å². The molecular formula is C23H19NO. The van der Waals surface area contributed by atoms with Crippen LogP contribution in [-0.2, 0) is 0 Å². The van der Waals surface area contributed by atoms with Crippen LogP contribution in [0.25, 0.3) is 33.7 Å². The second kappa shape index (κ2) is 6.40. The molecule has 0 saturated heterocycles. The molecular weight excluding hydrogens is 306 g/mol. The highest BCUT2D eigenvalue weighted by Gasteiger charge is 2.22. The van der Waals surface area contributed by atoms with Crippen LogP contribution in [0.3, 0.4) is 0 Å². The SMILES string of the molecule is Cc1ccccc1-c1noc(-c2ccccc2C)c1-c1ccccc1. The molecule has 0 radical (unpaired) electrons. The van der Waals surface area contributed by atoms with E-state index in [0.717, 1.165) is 33.7 Å². The molecule has 0 fully saturated rings. The third-order valence-corrected chi connectivity index (χ3v) is 4.54. The highest BCUT2D eigenvalue weighted by Crippen LogP contribution is 2.41. The van der Waals surface area contributed by atoms with E-state index in [9.17, 15) is 0 Å². The molecule has 4 rings (SSSR count). The van der Waals surface area contributed by atoms with Gasteiger partial charge in [0.2, 0.25) is 0 Å². The summed E-state index contributed by atoms with van der Waals surface area (Å²) < 4.78 is 5.88. The van der Waals surface area contributed by atoms with Crippen LogP contribution < -0.4 is 0 Å². The van der Waals surface area contributed by atoms with Crippen molar-refractivity contribution in [2.45, 2.75) is 13.8 Å². The zero-order valence-corrected chi connectivity index (χ0v) is 14.4. The number of benzene rings is 3. The third kappa shape index (κ3) is 2.76. The minimum Gasteiger partial charge on any atom is -0.355 e. The van der Waals surface area contributed by atoms with Crippen molar-refractivity contribution in [3.05, 3.63) is 90.0 Å². The molecule has 122 valence electrons. The van der Waals surface area contributed by atoms with Gasteiger partial charge in [0.15, 0.2) is 5.76 Å². The highest BCUT2D eigenvalue weighted by atomic mass is 16.5. The first-order valence-corrected chi connectivity index (χ1v) is 8.43. The molecule has 1 aromatic heterocycles. The first-order valence-electron chi connectivity index (χ1n) is 8.43. The second-order valence-corrected chi connectivity index (χ2v) is 6.23. The van der Waals surface area contributed by atoms with Crippen LogP contribution in [-0.4, -0.2) is 5.16 Å². The Morgan fingerprint density at radius 1 is 0.640 bits per heavy atom. The lowest BCUT2D eigenvalue weighted by Gasteiger charge is -2.08. The second-order valence-electron chi connectivity index (χ2n) is 6.23. The molecule has 0 aliphatic rings. The van der Waals surface area contributed by atoms with Gasteiger partial charge in [-0.25, -0.2) is 0 Å². The van der Waals surface area contributed by atoms with Crippen molar-refractivity contribution in [2.75, 3.05) is 0 Å². The van der Waals surface area contributed by atoms with Crippen LogP contribution in [0.15, 0.2) is 83.4 Å². The van der Waals surface area contributed by atoms with E-state index >= 15 is 0 Å². The fraction of sp³-hybridized carbons (Fsp3) is 0.0870. The fourth-order valence-corrected chi connectivity index (χ4v) is 3.20. The summed E-state index contributed by atoms with van der Waals surface area (Å²) in [6.07, 6.45) is 0. The van der Waals surface area contributed by atoms with Crippen molar-refractivity contribution in [1.82, 2.24) is 5.16 Å². The van der Waals surface area contributed by atoms with Gasteiger partial charge in [-0.1, -0.05) is 84.0 Å². The van der Waals surface area contributed by atoms with Crippen molar-refractivity contribution in [2.24, 2.45) is 0 Å². The molecule has 0 aliphatic heterocycles. The monoisotopic (exact) mass is 325 g/mol. The Morgan fingerprint density at radius 2 is 1.20 bits per heavy atom. The number of hydrogen-bond donors (Lipinski definition) is 0. The molecule has 0 amide bonds. The average Bonchev–Trinajstić information content (AvgIpc) is 3.08. The molecule has 0 aliphatic carbocycles. The van der Waals surface area contributed by atoms with E-state index in [2.05, 4.69) is 55.4 Å². The first kappa shape index (κ1) is 15.4. The molecule has 4 aromatic rings. The molecule has 0 bridgehead atoms. The van der Waals surface area contributed by atoms with E-state index in [1.165, 1.54) is 11.1 Å². The zero-order chi connectivity index (χ0) is 17.2. The molecule has 2 nitrogen and oxygen atoms in total. The Bertz CT molecular complexity index is 952. The Labute approximate surface area is 147 Å². The van der Waals surface area contributed by atoms with E-state index in [1.54, 1.807) is 0 Å². The van der Waals surface area contributed by atoms with Crippen LogP contribution in [0.2, 0.25) is 0 Å². The van der Waals surface area contributed by atoms with Gasteiger partial charge in [0.05, 0.1) is 5.56 Å². The van der Waals surface area contributed by atoms with Crippen LogP contribution in [0.5, 0.6) is 0 Å². The Balaban J connectivity index is 2.02. The van der Waals surface area contributed by atoms with E-state index < -0.39 is 0 Å². The molecule has 0 unspecified atom stereocenters. The minimum absolute atomic E-state index is 0.822. The number of rotatable bonds is 3. The van der Waals surface area contributed by atoms with Crippen molar-refractivity contribution in [3.8, 4) is 33.7 Å². The normalized spacial score (nSPS) is 10.8. The molecule has 2 heteroatoms. The number of nitrogens with zero attached hydrogens (tertiary/aromatic N) is 1. The first-order chi connectivity index (χ1) is 12.3. The molecule has 0 spiro atoms. The van der Waals surface area contributed by atoms with Gasteiger partial charge >= 0.3 is 0 Å². The minimum atomic E-state index is 0.822.